The molecule has 32 heavy (non-hydrogen) atoms. The van der Waals surface area contributed by atoms with Gasteiger partial charge in [-0.25, -0.2) is 4.79 Å². The fourth-order valence-corrected chi connectivity index (χ4v) is 6.37. The van der Waals surface area contributed by atoms with Crippen molar-refractivity contribution in [3.05, 3.63) is 0 Å². The van der Waals surface area contributed by atoms with E-state index >= 15 is 0 Å². The molecule has 0 amide bonds. The van der Waals surface area contributed by atoms with Gasteiger partial charge in [0, 0.05) is 5.92 Å². The minimum absolute atomic E-state index is 0.0237. The van der Waals surface area contributed by atoms with Crippen LogP contribution in [0.4, 0.5) is 8.78 Å². The Hall–Kier alpha value is -1.82. The molecule has 5 fully saturated rings. The molecule has 4 bridgehead atoms. The largest absolute Gasteiger partial charge is 0.465 e. The zero-order valence-corrected chi connectivity index (χ0v) is 18.4. The normalized spacial score (nSPS) is 35.8. The molecular formula is C20H26F2O9S. The van der Waals surface area contributed by atoms with Crippen LogP contribution < -0.4 is 0 Å². The van der Waals surface area contributed by atoms with Crippen molar-refractivity contribution in [2.45, 2.75) is 74.7 Å². The summed E-state index contributed by atoms with van der Waals surface area (Å²) in [6.07, 6.45) is 5.02. The molecule has 0 spiro atoms. The third-order valence-electron chi connectivity index (χ3n) is 7.76. The molecule has 180 valence electrons. The number of carbonyl (C=O) groups is 3. The van der Waals surface area contributed by atoms with E-state index in [0.29, 0.717) is 19.3 Å². The van der Waals surface area contributed by atoms with Gasteiger partial charge in [-0.3, -0.25) is 14.1 Å². The van der Waals surface area contributed by atoms with Gasteiger partial charge >= 0.3 is 33.3 Å². The predicted octanol–water partition coefficient (Wildman–Crippen LogP) is 2.23. The zero-order chi connectivity index (χ0) is 23.5. The van der Waals surface area contributed by atoms with Crippen molar-refractivity contribution in [3.8, 4) is 0 Å². The van der Waals surface area contributed by atoms with E-state index in [1.165, 1.54) is 0 Å². The van der Waals surface area contributed by atoms with Gasteiger partial charge in [-0.2, -0.15) is 17.2 Å². The third-order valence-corrected chi connectivity index (χ3v) is 8.57. The van der Waals surface area contributed by atoms with Crippen LogP contribution in [0.3, 0.4) is 0 Å². The van der Waals surface area contributed by atoms with Crippen LogP contribution >= 0.6 is 0 Å². The Morgan fingerprint density at radius 3 is 2.47 bits per heavy atom. The van der Waals surface area contributed by atoms with Crippen molar-refractivity contribution in [3.63, 3.8) is 0 Å². The minimum Gasteiger partial charge on any atom is -0.461 e. The Kier molecular flexibility index (Phi) is 5.55. The van der Waals surface area contributed by atoms with Gasteiger partial charge in [-0.05, 0) is 50.9 Å². The second-order valence-corrected chi connectivity index (χ2v) is 10.9. The van der Waals surface area contributed by atoms with Crippen molar-refractivity contribution in [2.24, 2.45) is 23.7 Å². The van der Waals surface area contributed by atoms with Crippen LogP contribution in [-0.2, 0) is 38.7 Å². The van der Waals surface area contributed by atoms with Crippen LogP contribution in [0.15, 0.2) is 0 Å². The summed E-state index contributed by atoms with van der Waals surface area (Å²) in [6.45, 7) is 1.34. The number of alkyl halides is 2. The average molecular weight is 480 g/mol. The highest BCUT2D eigenvalue weighted by molar-refractivity contribution is 7.87. The summed E-state index contributed by atoms with van der Waals surface area (Å²) >= 11 is 0. The summed E-state index contributed by atoms with van der Waals surface area (Å²) < 4.78 is 74.4. The molecule has 2 saturated heterocycles. The monoisotopic (exact) mass is 480 g/mol. The van der Waals surface area contributed by atoms with E-state index in [1.54, 1.807) is 0 Å². The molecule has 5 unspecified atom stereocenters. The molecule has 3 saturated carbocycles. The maximum absolute atomic E-state index is 13.9. The van der Waals surface area contributed by atoms with Gasteiger partial charge in [0.05, 0.1) is 11.8 Å². The molecule has 3 aliphatic carbocycles. The van der Waals surface area contributed by atoms with E-state index in [1.807, 2.05) is 6.92 Å². The molecule has 0 radical (unpaired) electrons. The van der Waals surface area contributed by atoms with E-state index in [4.69, 9.17) is 18.8 Å². The summed E-state index contributed by atoms with van der Waals surface area (Å²) in [6, 6.07) is 0. The predicted molar refractivity (Wildman–Crippen MR) is 102 cm³/mol. The summed E-state index contributed by atoms with van der Waals surface area (Å²) in [7, 11) is -6.07. The van der Waals surface area contributed by atoms with Crippen LogP contribution in [-0.4, -0.2) is 53.9 Å². The molecular weight excluding hydrogens is 454 g/mol. The molecule has 2 aliphatic heterocycles. The van der Waals surface area contributed by atoms with Gasteiger partial charge in [-0.1, -0.05) is 13.3 Å². The van der Waals surface area contributed by atoms with Crippen LogP contribution in [0.25, 0.3) is 0 Å². The standard InChI is InChI=1S/C20H26F2O9S/c1-2-18(6-4-3-5-7-18)30-16(24)14-12-8-11-9-19(12,10-29-15(23)13(11)14)31-17(25)20(21,22)32(26,27)28/h11-14H,2-10H2,1H3,(H,26,27,28). The van der Waals surface area contributed by atoms with E-state index in [9.17, 15) is 31.6 Å². The lowest BCUT2D eigenvalue weighted by Crippen LogP contribution is -2.53. The molecule has 9 nitrogen and oxygen atoms in total. The maximum Gasteiger partial charge on any atom is 0.465 e. The quantitative estimate of drug-likeness (QED) is 0.345. The lowest BCUT2D eigenvalue weighted by Gasteiger charge is -2.41. The first-order chi connectivity index (χ1) is 14.9. The number of ether oxygens (including phenoxy) is 3. The Bertz CT molecular complexity index is 927. The number of carbonyl (C=O) groups excluding carboxylic acids is 3. The average Bonchev–Trinajstić information content (AvgIpc) is 3.20. The topological polar surface area (TPSA) is 133 Å². The highest BCUT2D eigenvalue weighted by Crippen LogP contribution is 2.61. The van der Waals surface area contributed by atoms with Crippen LogP contribution in [0.2, 0.25) is 0 Å². The number of hydrogen-bond donors (Lipinski definition) is 1. The van der Waals surface area contributed by atoms with E-state index in [-0.39, 0.29) is 12.8 Å². The fourth-order valence-electron chi connectivity index (χ4n) is 6.12. The zero-order valence-electron chi connectivity index (χ0n) is 17.6. The second kappa shape index (κ2) is 7.61. The van der Waals surface area contributed by atoms with E-state index in [2.05, 4.69) is 0 Å². The Labute approximate surface area is 183 Å². The van der Waals surface area contributed by atoms with Gasteiger partial charge in [0.25, 0.3) is 0 Å². The number of halogens is 2. The second-order valence-electron chi connectivity index (χ2n) is 9.43. The van der Waals surface area contributed by atoms with Crippen molar-refractivity contribution in [2.75, 3.05) is 6.61 Å². The summed E-state index contributed by atoms with van der Waals surface area (Å²) in [5.74, 6) is -6.97. The van der Waals surface area contributed by atoms with Crippen molar-refractivity contribution in [1.82, 2.24) is 0 Å². The molecule has 5 aliphatic rings. The van der Waals surface area contributed by atoms with Crippen molar-refractivity contribution < 1.29 is 50.3 Å². The number of esters is 3. The SMILES string of the molecule is CCC1(OC(=O)C2C3C(=O)OCC4(OC(=O)C(F)(F)S(=O)(=O)O)CC3CC24)CCCCC1. The highest BCUT2D eigenvalue weighted by Gasteiger charge is 2.71. The highest BCUT2D eigenvalue weighted by atomic mass is 32.2. The molecule has 5 atom stereocenters. The third kappa shape index (κ3) is 3.49. The molecule has 1 N–H and O–H groups in total. The lowest BCUT2D eigenvalue weighted by atomic mass is 9.72. The maximum atomic E-state index is 13.9. The van der Waals surface area contributed by atoms with Crippen molar-refractivity contribution in [1.29, 1.82) is 0 Å². The van der Waals surface area contributed by atoms with Crippen molar-refractivity contribution >= 4 is 28.0 Å². The molecule has 0 aromatic heterocycles. The fraction of sp³-hybridized carbons (Fsp3) is 0.850. The Morgan fingerprint density at radius 1 is 1.22 bits per heavy atom. The molecule has 0 aromatic rings. The van der Waals surface area contributed by atoms with E-state index < -0.39 is 74.8 Å². The van der Waals surface area contributed by atoms with Gasteiger partial charge in [-0.15, -0.1) is 0 Å². The van der Waals surface area contributed by atoms with Crippen LogP contribution in [0.5, 0.6) is 0 Å². The lowest BCUT2D eigenvalue weighted by molar-refractivity contribution is -0.196. The van der Waals surface area contributed by atoms with Gasteiger partial charge in [0.2, 0.25) is 0 Å². The smallest absolute Gasteiger partial charge is 0.461 e. The Morgan fingerprint density at radius 2 is 1.88 bits per heavy atom. The van der Waals surface area contributed by atoms with Gasteiger partial charge < -0.3 is 14.2 Å². The minimum atomic E-state index is -6.07. The molecule has 2 heterocycles. The summed E-state index contributed by atoms with van der Waals surface area (Å²) in [4.78, 5) is 37.9. The Balaban J connectivity index is 1.61. The van der Waals surface area contributed by atoms with Gasteiger partial charge in [0.15, 0.2) is 5.60 Å². The van der Waals surface area contributed by atoms with Crippen LogP contribution in [0.1, 0.15) is 58.3 Å². The molecule has 12 heteroatoms. The number of hydrogen-bond acceptors (Lipinski definition) is 8. The first-order valence-corrected chi connectivity index (χ1v) is 12.3. The first kappa shape index (κ1) is 23.3. The first-order valence-electron chi connectivity index (χ1n) is 10.8. The summed E-state index contributed by atoms with van der Waals surface area (Å²) in [5, 5.41) is -5.19. The van der Waals surface area contributed by atoms with Crippen LogP contribution in [0, 0.1) is 23.7 Å². The van der Waals surface area contributed by atoms with Gasteiger partial charge in [0.1, 0.15) is 12.2 Å². The number of rotatable bonds is 6. The molecule has 0 aromatic carbocycles. The van der Waals surface area contributed by atoms with E-state index in [0.717, 1.165) is 19.3 Å². The summed E-state index contributed by atoms with van der Waals surface area (Å²) in [5.41, 5.74) is -2.44. The molecule has 5 rings (SSSR count). The number of fused-ring (bicyclic) bond motifs is 2.